The first-order valence-electron chi connectivity index (χ1n) is 3.83. The van der Waals surface area contributed by atoms with Crippen LogP contribution >= 0.6 is 11.6 Å². The smallest absolute Gasteiger partial charge is 0.176 e. The quantitative estimate of drug-likeness (QED) is 0.733. The highest BCUT2D eigenvalue weighted by atomic mass is 35.5. The molecule has 1 rings (SSSR count). The Labute approximate surface area is 87.6 Å². The Balaban J connectivity index is 3.35. The number of halogens is 1. The monoisotopic (exact) mass is 232 g/mol. The molecule has 0 saturated carbocycles. The van der Waals surface area contributed by atoms with Gasteiger partial charge in [-0.3, -0.25) is 4.79 Å². The van der Waals surface area contributed by atoms with Gasteiger partial charge in [-0.25, -0.2) is 8.42 Å². The van der Waals surface area contributed by atoms with Gasteiger partial charge in [0.15, 0.2) is 15.6 Å². The summed E-state index contributed by atoms with van der Waals surface area (Å²) in [7, 11) is -3.32. The standard InChI is InChI=1S/C9H9ClO3S/c1-6(11)7-3-4-9(8(10)5-7)14(2,12)13/h3-5H,1-2H3. The second kappa shape index (κ2) is 3.71. The van der Waals surface area contributed by atoms with Gasteiger partial charge in [0.05, 0.1) is 9.92 Å². The van der Waals surface area contributed by atoms with Gasteiger partial charge >= 0.3 is 0 Å². The Hall–Kier alpha value is -0.870. The average molecular weight is 233 g/mol. The van der Waals surface area contributed by atoms with E-state index in [0.717, 1.165) is 6.26 Å². The van der Waals surface area contributed by atoms with Gasteiger partial charge in [0.1, 0.15) is 0 Å². The van der Waals surface area contributed by atoms with Gasteiger partial charge in [-0.2, -0.15) is 0 Å². The van der Waals surface area contributed by atoms with E-state index in [1.165, 1.54) is 25.1 Å². The zero-order valence-corrected chi connectivity index (χ0v) is 9.32. The molecule has 0 saturated heterocycles. The van der Waals surface area contributed by atoms with Crippen molar-refractivity contribution in [1.29, 1.82) is 0 Å². The second-order valence-electron chi connectivity index (χ2n) is 2.97. The van der Waals surface area contributed by atoms with Gasteiger partial charge in [-0.05, 0) is 19.1 Å². The first kappa shape index (κ1) is 11.2. The summed E-state index contributed by atoms with van der Waals surface area (Å²) in [4.78, 5) is 11.0. The van der Waals surface area contributed by atoms with Gasteiger partial charge < -0.3 is 0 Å². The number of hydrogen-bond donors (Lipinski definition) is 0. The maximum absolute atomic E-state index is 11.2. The van der Waals surface area contributed by atoms with E-state index in [2.05, 4.69) is 0 Å². The van der Waals surface area contributed by atoms with E-state index in [4.69, 9.17) is 11.6 Å². The zero-order chi connectivity index (χ0) is 10.9. The topological polar surface area (TPSA) is 51.2 Å². The molecule has 0 aliphatic rings. The molecule has 0 aromatic heterocycles. The van der Waals surface area contributed by atoms with E-state index in [0.29, 0.717) is 5.56 Å². The molecule has 0 heterocycles. The molecule has 76 valence electrons. The van der Waals surface area contributed by atoms with Crippen LogP contribution < -0.4 is 0 Å². The molecule has 5 heteroatoms. The van der Waals surface area contributed by atoms with E-state index < -0.39 is 9.84 Å². The summed E-state index contributed by atoms with van der Waals surface area (Å²) < 4.78 is 22.3. The summed E-state index contributed by atoms with van der Waals surface area (Å²) in [6, 6.07) is 4.15. The minimum absolute atomic E-state index is 0.0455. The van der Waals surface area contributed by atoms with Crippen LogP contribution in [0.15, 0.2) is 23.1 Å². The van der Waals surface area contributed by atoms with E-state index in [-0.39, 0.29) is 15.7 Å². The molecule has 0 amide bonds. The molecule has 0 spiro atoms. The van der Waals surface area contributed by atoms with Crippen molar-refractivity contribution in [2.75, 3.05) is 6.26 Å². The molecule has 0 aliphatic heterocycles. The predicted octanol–water partition coefficient (Wildman–Crippen LogP) is 1.95. The SMILES string of the molecule is CC(=O)c1ccc(S(C)(=O)=O)c(Cl)c1. The molecule has 14 heavy (non-hydrogen) atoms. The summed E-state index contributed by atoms with van der Waals surface area (Å²) in [6.07, 6.45) is 1.07. The van der Waals surface area contributed by atoms with Crippen LogP contribution in [-0.2, 0) is 9.84 Å². The summed E-state index contributed by atoms with van der Waals surface area (Å²) in [6.45, 7) is 1.39. The fraction of sp³-hybridized carbons (Fsp3) is 0.222. The lowest BCUT2D eigenvalue weighted by Crippen LogP contribution is -2.00. The number of ketones is 1. The van der Waals surface area contributed by atoms with Gasteiger partial charge in [0, 0.05) is 11.8 Å². The summed E-state index contributed by atoms with van der Waals surface area (Å²) in [5.41, 5.74) is 0.405. The van der Waals surface area contributed by atoms with Crippen LogP contribution in [0.2, 0.25) is 5.02 Å². The summed E-state index contributed by atoms with van der Waals surface area (Å²) >= 11 is 5.73. The minimum atomic E-state index is -3.32. The maximum Gasteiger partial charge on any atom is 0.176 e. The van der Waals surface area contributed by atoms with E-state index >= 15 is 0 Å². The van der Waals surface area contributed by atoms with Crippen LogP contribution in [0.4, 0.5) is 0 Å². The normalized spacial score (nSPS) is 11.4. The number of Topliss-reactive ketones (excluding diaryl/α,β-unsaturated/α-hetero) is 1. The first-order valence-corrected chi connectivity index (χ1v) is 6.10. The summed E-state index contributed by atoms with van der Waals surface area (Å²) in [5, 5.41) is 0.0835. The molecule has 0 unspecified atom stereocenters. The van der Waals surface area contributed by atoms with Crippen LogP contribution in [0.3, 0.4) is 0 Å². The summed E-state index contributed by atoms with van der Waals surface area (Å²) in [5.74, 6) is -0.146. The Morgan fingerprint density at radius 1 is 1.36 bits per heavy atom. The lowest BCUT2D eigenvalue weighted by atomic mass is 10.1. The van der Waals surface area contributed by atoms with Crippen molar-refractivity contribution in [3.05, 3.63) is 28.8 Å². The first-order chi connectivity index (χ1) is 6.32. The van der Waals surface area contributed by atoms with E-state index in [1.807, 2.05) is 0 Å². The maximum atomic E-state index is 11.2. The third kappa shape index (κ3) is 2.33. The third-order valence-electron chi connectivity index (χ3n) is 1.74. The van der Waals surface area contributed by atoms with Crippen LogP contribution in [0, 0.1) is 0 Å². The number of rotatable bonds is 2. The molecule has 0 radical (unpaired) electrons. The van der Waals surface area contributed by atoms with Crippen LogP contribution in [0.5, 0.6) is 0 Å². The highest BCUT2D eigenvalue weighted by Crippen LogP contribution is 2.22. The Morgan fingerprint density at radius 3 is 2.29 bits per heavy atom. The Kier molecular flexibility index (Phi) is 2.97. The fourth-order valence-corrected chi connectivity index (χ4v) is 2.35. The highest BCUT2D eigenvalue weighted by molar-refractivity contribution is 7.90. The fourth-order valence-electron chi connectivity index (χ4n) is 1.02. The van der Waals surface area contributed by atoms with Crippen molar-refractivity contribution in [2.24, 2.45) is 0 Å². The molecule has 1 aromatic carbocycles. The Morgan fingerprint density at radius 2 is 1.93 bits per heavy atom. The van der Waals surface area contributed by atoms with Gasteiger partial charge in [0.25, 0.3) is 0 Å². The largest absolute Gasteiger partial charge is 0.295 e. The van der Waals surface area contributed by atoms with E-state index in [1.54, 1.807) is 0 Å². The number of sulfone groups is 1. The molecular formula is C9H9ClO3S. The molecule has 0 N–H and O–H groups in total. The van der Waals surface area contributed by atoms with Crippen molar-refractivity contribution in [1.82, 2.24) is 0 Å². The molecule has 0 aliphatic carbocycles. The molecular weight excluding hydrogens is 224 g/mol. The van der Waals surface area contributed by atoms with Crippen molar-refractivity contribution in [3.63, 3.8) is 0 Å². The lowest BCUT2D eigenvalue weighted by molar-refractivity contribution is 0.101. The van der Waals surface area contributed by atoms with Crippen molar-refractivity contribution in [2.45, 2.75) is 11.8 Å². The molecule has 1 aromatic rings. The Bertz CT molecular complexity index is 477. The number of benzene rings is 1. The van der Waals surface area contributed by atoms with Gasteiger partial charge in [0.2, 0.25) is 0 Å². The molecule has 3 nitrogen and oxygen atoms in total. The zero-order valence-electron chi connectivity index (χ0n) is 7.74. The van der Waals surface area contributed by atoms with Gasteiger partial charge in [-0.1, -0.05) is 17.7 Å². The van der Waals surface area contributed by atoms with Crippen molar-refractivity contribution < 1.29 is 13.2 Å². The third-order valence-corrected chi connectivity index (χ3v) is 3.32. The van der Waals surface area contributed by atoms with E-state index in [9.17, 15) is 13.2 Å². The highest BCUT2D eigenvalue weighted by Gasteiger charge is 2.13. The molecule has 0 atom stereocenters. The minimum Gasteiger partial charge on any atom is -0.295 e. The molecule has 0 fully saturated rings. The van der Waals surface area contributed by atoms with Crippen molar-refractivity contribution in [3.8, 4) is 0 Å². The van der Waals surface area contributed by atoms with Crippen LogP contribution in [-0.4, -0.2) is 20.5 Å². The van der Waals surface area contributed by atoms with Crippen LogP contribution in [0.1, 0.15) is 17.3 Å². The molecule has 0 bridgehead atoms. The number of carbonyl (C=O) groups is 1. The predicted molar refractivity (Wildman–Crippen MR) is 54.6 cm³/mol. The second-order valence-corrected chi connectivity index (χ2v) is 5.36. The van der Waals surface area contributed by atoms with Crippen molar-refractivity contribution >= 4 is 27.2 Å². The number of carbonyl (C=O) groups excluding carboxylic acids is 1. The number of hydrogen-bond acceptors (Lipinski definition) is 3. The van der Waals surface area contributed by atoms with Gasteiger partial charge in [-0.15, -0.1) is 0 Å². The average Bonchev–Trinajstić information content (AvgIpc) is 2.01. The lowest BCUT2D eigenvalue weighted by Gasteiger charge is -2.02. The van der Waals surface area contributed by atoms with Crippen LogP contribution in [0.25, 0.3) is 0 Å².